The summed E-state index contributed by atoms with van der Waals surface area (Å²) in [5.41, 5.74) is 1.76. The lowest BCUT2D eigenvalue weighted by molar-refractivity contribution is 0.00206. The van der Waals surface area contributed by atoms with Crippen molar-refractivity contribution in [1.82, 2.24) is 4.90 Å². The number of piperidine rings is 2. The molecule has 0 bridgehead atoms. The lowest BCUT2D eigenvalue weighted by Gasteiger charge is -2.48. The molecular formula is C16H23NO. The van der Waals surface area contributed by atoms with E-state index in [1.54, 1.807) is 0 Å². The average Bonchev–Trinajstić information content (AvgIpc) is 2.40. The number of fused-ring (bicyclic) bond motifs is 1. The summed E-state index contributed by atoms with van der Waals surface area (Å²) in [5, 5.41) is 9.77. The van der Waals surface area contributed by atoms with E-state index in [0.29, 0.717) is 11.5 Å². The minimum atomic E-state index is -0.0627. The fourth-order valence-electron chi connectivity index (χ4n) is 3.68. The zero-order valence-electron chi connectivity index (χ0n) is 11.2. The molecule has 2 heteroatoms. The van der Waals surface area contributed by atoms with E-state index < -0.39 is 0 Å². The molecule has 2 aliphatic rings. The fraction of sp³-hybridized carbons (Fsp3) is 0.625. The van der Waals surface area contributed by atoms with Crippen LogP contribution in [-0.2, 0) is 5.41 Å². The molecule has 1 aromatic carbocycles. The molecule has 1 N–H and O–H groups in total. The number of hydrogen-bond acceptors (Lipinski definition) is 2. The number of rotatable bonds is 1. The number of benzene rings is 1. The maximum Gasteiger partial charge on any atom is 0.0567 e. The Labute approximate surface area is 110 Å². The number of hydrogen-bond donors (Lipinski definition) is 1. The summed E-state index contributed by atoms with van der Waals surface area (Å²) in [5.74, 6) is 0. The molecule has 0 saturated carbocycles. The van der Waals surface area contributed by atoms with Crippen molar-refractivity contribution < 1.29 is 5.11 Å². The van der Waals surface area contributed by atoms with Crippen molar-refractivity contribution in [1.29, 1.82) is 0 Å². The quantitative estimate of drug-likeness (QED) is 0.822. The second-order valence-electron chi connectivity index (χ2n) is 6.27. The molecule has 2 saturated heterocycles. The summed E-state index contributed by atoms with van der Waals surface area (Å²) in [4.78, 5) is 2.60. The first-order chi connectivity index (χ1) is 8.67. The van der Waals surface area contributed by atoms with E-state index in [2.05, 4.69) is 42.2 Å². The normalized spacial score (nSPS) is 37.2. The Morgan fingerprint density at radius 1 is 1.22 bits per heavy atom. The van der Waals surface area contributed by atoms with Gasteiger partial charge in [0, 0.05) is 24.5 Å². The lowest BCUT2D eigenvalue weighted by atomic mass is 9.72. The van der Waals surface area contributed by atoms with Gasteiger partial charge in [-0.15, -0.1) is 0 Å². The summed E-state index contributed by atoms with van der Waals surface area (Å²) in [6.07, 6.45) is 4.33. The molecule has 2 heterocycles. The van der Waals surface area contributed by atoms with Crippen LogP contribution in [0.2, 0.25) is 0 Å². The van der Waals surface area contributed by atoms with Gasteiger partial charge < -0.3 is 5.11 Å². The summed E-state index contributed by atoms with van der Waals surface area (Å²) >= 11 is 0. The second kappa shape index (κ2) is 4.67. The van der Waals surface area contributed by atoms with Crippen LogP contribution >= 0.6 is 0 Å². The molecular weight excluding hydrogens is 222 g/mol. The van der Waals surface area contributed by atoms with Gasteiger partial charge in [-0.3, -0.25) is 4.90 Å². The Hall–Kier alpha value is -0.860. The smallest absolute Gasteiger partial charge is 0.0567 e. The maximum atomic E-state index is 9.77. The fourth-order valence-corrected chi connectivity index (χ4v) is 3.68. The Morgan fingerprint density at radius 3 is 2.78 bits per heavy atom. The van der Waals surface area contributed by atoms with Crippen LogP contribution in [0, 0.1) is 0 Å². The zero-order valence-corrected chi connectivity index (χ0v) is 11.2. The van der Waals surface area contributed by atoms with E-state index in [1.807, 2.05) is 0 Å². The number of aliphatic hydroxyl groups is 1. The van der Waals surface area contributed by atoms with E-state index in [9.17, 15) is 5.11 Å². The SMILES string of the molecule is CC1(c2ccccc2)CCC2CC(O)CCN2C1. The van der Waals surface area contributed by atoms with Gasteiger partial charge in [0.1, 0.15) is 0 Å². The third-order valence-electron chi connectivity index (χ3n) is 4.86. The predicted octanol–water partition coefficient (Wildman–Crippen LogP) is 2.56. The largest absolute Gasteiger partial charge is 0.393 e. The minimum absolute atomic E-state index is 0.0627. The molecule has 0 radical (unpaired) electrons. The van der Waals surface area contributed by atoms with Crippen LogP contribution in [0.4, 0.5) is 0 Å². The number of nitrogens with zero attached hydrogens (tertiary/aromatic N) is 1. The Morgan fingerprint density at radius 2 is 2.00 bits per heavy atom. The van der Waals surface area contributed by atoms with E-state index in [-0.39, 0.29) is 6.10 Å². The first-order valence-corrected chi connectivity index (χ1v) is 7.15. The first kappa shape index (κ1) is 12.2. The van der Waals surface area contributed by atoms with Crippen LogP contribution in [0.25, 0.3) is 0 Å². The Kier molecular flexibility index (Phi) is 3.16. The summed E-state index contributed by atoms with van der Waals surface area (Å²) < 4.78 is 0. The standard InChI is InChI=1S/C16H23NO/c1-16(13-5-3-2-4-6-13)9-7-14-11-15(18)8-10-17(14)12-16/h2-6,14-15,18H,7-12H2,1H3. The Bertz CT molecular complexity index is 405. The molecule has 3 unspecified atom stereocenters. The molecule has 0 amide bonds. The van der Waals surface area contributed by atoms with Crippen LogP contribution in [0.3, 0.4) is 0 Å². The highest BCUT2D eigenvalue weighted by molar-refractivity contribution is 5.26. The van der Waals surface area contributed by atoms with Crippen molar-refractivity contribution in [3.05, 3.63) is 35.9 Å². The molecule has 0 aromatic heterocycles. The maximum absolute atomic E-state index is 9.77. The van der Waals surface area contributed by atoms with Gasteiger partial charge in [-0.25, -0.2) is 0 Å². The predicted molar refractivity (Wildman–Crippen MR) is 73.6 cm³/mol. The third-order valence-corrected chi connectivity index (χ3v) is 4.86. The molecule has 2 fully saturated rings. The van der Waals surface area contributed by atoms with Crippen molar-refractivity contribution in [3.8, 4) is 0 Å². The number of aliphatic hydroxyl groups excluding tert-OH is 1. The summed E-state index contributed by atoms with van der Waals surface area (Å²) in [6, 6.07) is 11.5. The van der Waals surface area contributed by atoms with Gasteiger partial charge in [-0.1, -0.05) is 37.3 Å². The highest BCUT2D eigenvalue weighted by Crippen LogP contribution is 2.38. The molecule has 3 atom stereocenters. The average molecular weight is 245 g/mol. The first-order valence-electron chi connectivity index (χ1n) is 7.15. The molecule has 0 spiro atoms. The monoisotopic (exact) mass is 245 g/mol. The van der Waals surface area contributed by atoms with Crippen LogP contribution in [0.1, 0.15) is 38.2 Å². The molecule has 98 valence electrons. The second-order valence-corrected chi connectivity index (χ2v) is 6.27. The summed E-state index contributed by atoms with van der Waals surface area (Å²) in [7, 11) is 0. The third kappa shape index (κ3) is 2.19. The van der Waals surface area contributed by atoms with Crippen molar-refractivity contribution in [2.24, 2.45) is 0 Å². The Balaban J connectivity index is 1.77. The van der Waals surface area contributed by atoms with Crippen LogP contribution in [0.5, 0.6) is 0 Å². The van der Waals surface area contributed by atoms with Gasteiger partial charge in [0.25, 0.3) is 0 Å². The highest BCUT2D eigenvalue weighted by Gasteiger charge is 2.39. The van der Waals surface area contributed by atoms with E-state index >= 15 is 0 Å². The van der Waals surface area contributed by atoms with Gasteiger partial charge >= 0.3 is 0 Å². The van der Waals surface area contributed by atoms with E-state index in [0.717, 1.165) is 25.9 Å². The highest BCUT2D eigenvalue weighted by atomic mass is 16.3. The lowest BCUT2D eigenvalue weighted by Crippen LogP contribution is -2.53. The molecule has 2 aliphatic heterocycles. The molecule has 1 aromatic rings. The van der Waals surface area contributed by atoms with Crippen molar-refractivity contribution in [2.75, 3.05) is 13.1 Å². The molecule has 18 heavy (non-hydrogen) atoms. The topological polar surface area (TPSA) is 23.5 Å². The van der Waals surface area contributed by atoms with Gasteiger partial charge in [0.2, 0.25) is 0 Å². The molecule has 3 rings (SSSR count). The van der Waals surface area contributed by atoms with Gasteiger partial charge in [0.15, 0.2) is 0 Å². The van der Waals surface area contributed by atoms with Crippen LogP contribution in [0.15, 0.2) is 30.3 Å². The van der Waals surface area contributed by atoms with Gasteiger partial charge in [-0.05, 0) is 31.2 Å². The van der Waals surface area contributed by atoms with Gasteiger partial charge in [-0.2, -0.15) is 0 Å². The minimum Gasteiger partial charge on any atom is -0.393 e. The summed E-state index contributed by atoms with van der Waals surface area (Å²) in [6.45, 7) is 4.60. The molecule has 0 aliphatic carbocycles. The van der Waals surface area contributed by atoms with Crippen molar-refractivity contribution in [3.63, 3.8) is 0 Å². The van der Waals surface area contributed by atoms with Crippen molar-refractivity contribution >= 4 is 0 Å². The van der Waals surface area contributed by atoms with Gasteiger partial charge in [0.05, 0.1) is 6.10 Å². The van der Waals surface area contributed by atoms with Crippen LogP contribution in [-0.4, -0.2) is 35.2 Å². The zero-order chi connectivity index (χ0) is 12.6. The molecule has 2 nitrogen and oxygen atoms in total. The van der Waals surface area contributed by atoms with E-state index in [1.165, 1.54) is 18.4 Å². The van der Waals surface area contributed by atoms with E-state index in [4.69, 9.17) is 0 Å². The van der Waals surface area contributed by atoms with Crippen molar-refractivity contribution in [2.45, 2.75) is 50.2 Å². The van der Waals surface area contributed by atoms with Crippen LogP contribution < -0.4 is 0 Å².